The number of rotatable bonds is 7. The number of aromatic nitrogens is 2. The Morgan fingerprint density at radius 2 is 1.69 bits per heavy atom. The summed E-state index contributed by atoms with van der Waals surface area (Å²) in [7, 11) is 1.71. The largest absolute Gasteiger partial charge is 0.356 e. The zero-order chi connectivity index (χ0) is 19.8. The number of nitrogens with zero attached hydrogens (tertiary/aromatic N) is 3. The normalized spacial score (nSPS) is 11.1. The number of guanidine groups is 1. The van der Waals surface area contributed by atoms with E-state index < -0.39 is 0 Å². The lowest BCUT2D eigenvalue weighted by atomic mass is 10.1. The lowest BCUT2D eigenvalue weighted by Crippen LogP contribution is -2.39. The maximum absolute atomic E-state index is 13.2. The van der Waals surface area contributed by atoms with Crippen molar-refractivity contribution < 1.29 is 8.78 Å². The van der Waals surface area contributed by atoms with Crippen LogP contribution in [0.25, 0.3) is 5.69 Å². The predicted molar refractivity (Wildman–Crippen MR) is 122 cm³/mol. The molecule has 154 valence electrons. The number of benzene rings is 2. The molecule has 8 heteroatoms. The van der Waals surface area contributed by atoms with E-state index in [1.165, 1.54) is 24.3 Å². The molecule has 0 aliphatic carbocycles. The highest BCUT2D eigenvalue weighted by Crippen LogP contribution is 2.09. The average molecular weight is 511 g/mol. The fraction of sp³-hybridized carbons (Fsp3) is 0.238. The van der Waals surface area contributed by atoms with Crippen molar-refractivity contribution in [1.82, 2.24) is 20.4 Å². The van der Waals surface area contributed by atoms with Gasteiger partial charge in [0.15, 0.2) is 5.96 Å². The van der Waals surface area contributed by atoms with Crippen molar-refractivity contribution in [3.63, 3.8) is 0 Å². The van der Waals surface area contributed by atoms with Gasteiger partial charge in [-0.3, -0.25) is 4.99 Å². The van der Waals surface area contributed by atoms with Crippen molar-refractivity contribution in [3.8, 4) is 5.69 Å². The Hall–Kier alpha value is -2.49. The molecule has 0 spiro atoms. The highest BCUT2D eigenvalue weighted by atomic mass is 127. The molecule has 0 aliphatic rings. The van der Waals surface area contributed by atoms with E-state index in [2.05, 4.69) is 20.7 Å². The van der Waals surface area contributed by atoms with Crippen LogP contribution in [-0.4, -0.2) is 35.9 Å². The highest BCUT2D eigenvalue weighted by Gasteiger charge is 2.03. The quantitative estimate of drug-likeness (QED) is 0.289. The molecule has 0 atom stereocenters. The van der Waals surface area contributed by atoms with Crippen LogP contribution in [-0.2, 0) is 12.8 Å². The fourth-order valence-corrected chi connectivity index (χ4v) is 2.78. The average Bonchev–Trinajstić information content (AvgIpc) is 3.16. The zero-order valence-electron chi connectivity index (χ0n) is 16.1. The molecule has 0 bridgehead atoms. The molecule has 2 N–H and O–H groups in total. The molecular weight excluding hydrogens is 487 g/mol. The summed E-state index contributed by atoms with van der Waals surface area (Å²) in [5.41, 5.74) is 2.68. The maximum atomic E-state index is 13.2. The van der Waals surface area contributed by atoms with E-state index in [4.69, 9.17) is 0 Å². The molecule has 0 radical (unpaired) electrons. The molecule has 5 nitrogen and oxygen atoms in total. The van der Waals surface area contributed by atoms with E-state index >= 15 is 0 Å². The predicted octanol–water partition coefficient (Wildman–Crippen LogP) is 3.72. The van der Waals surface area contributed by atoms with Crippen molar-refractivity contribution in [2.75, 3.05) is 20.1 Å². The summed E-state index contributed by atoms with van der Waals surface area (Å²) in [5, 5.41) is 11.0. The molecule has 1 aromatic heterocycles. The van der Waals surface area contributed by atoms with Crippen LogP contribution in [0.15, 0.2) is 65.8 Å². The molecule has 3 rings (SSSR count). The van der Waals surface area contributed by atoms with Gasteiger partial charge in [0.25, 0.3) is 0 Å². The molecular formula is C21H24F2IN5. The van der Waals surface area contributed by atoms with E-state index in [1.807, 2.05) is 18.3 Å². The minimum atomic E-state index is -0.267. The van der Waals surface area contributed by atoms with Gasteiger partial charge < -0.3 is 10.6 Å². The van der Waals surface area contributed by atoms with Crippen LogP contribution >= 0.6 is 24.0 Å². The van der Waals surface area contributed by atoms with Crippen LogP contribution < -0.4 is 10.6 Å². The Bertz CT molecular complexity index is 925. The minimum absolute atomic E-state index is 0. The summed E-state index contributed by atoms with van der Waals surface area (Å²) in [6.45, 7) is 1.32. The van der Waals surface area contributed by atoms with Gasteiger partial charge in [0.2, 0.25) is 0 Å². The van der Waals surface area contributed by atoms with Gasteiger partial charge in [-0.25, -0.2) is 13.5 Å². The minimum Gasteiger partial charge on any atom is -0.356 e. The Morgan fingerprint density at radius 3 is 2.38 bits per heavy atom. The number of aliphatic imine (C=N–C) groups is 1. The van der Waals surface area contributed by atoms with Gasteiger partial charge in [-0.05, 0) is 54.4 Å². The van der Waals surface area contributed by atoms with Crippen LogP contribution in [0.2, 0.25) is 0 Å². The van der Waals surface area contributed by atoms with Gasteiger partial charge in [0, 0.05) is 32.8 Å². The summed E-state index contributed by atoms with van der Waals surface area (Å²) in [4.78, 5) is 4.19. The standard InChI is InChI=1S/C21H23F2N5.HI/c1-24-21(25-12-9-16-3-2-4-18(23)15-16)26-13-10-19-11-14-28(27-19)20-7-5-17(22)6-8-20;/h2-8,11,14-15H,9-10,12-13H2,1H3,(H2,24,25,26);1H. The van der Waals surface area contributed by atoms with Crippen LogP contribution in [0.4, 0.5) is 8.78 Å². The van der Waals surface area contributed by atoms with Gasteiger partial charge >= 0.3 is 0 Å². The topological polar surface area (TPSA) is 54.2 Å². The third-order valence-electron chi connectivity index (χ3n) is 4.23. The molecule has 0 aliphatic heterocycles. The number of hydrogen-bond acceptors (Lipinski definition) is 2. The molecule has 3 aromatic rings. The molecule has 0 saturated carbocycles. The Balaban J connectivity index is 0.00000300. The molecule has 1 heterocycles. The van der Waals surface area contributed by atoms with Crippen LogP contribution in [0.5, 0.6) is 0 Å². The monoisotopic (exact) mass is 511 g/mol. The van der Waals surface area contributed by atoms with Crippen molar-refractivity contribution in [2.45, 2.75) is 12.8 Å². The van der Waals surface area contributed by atoms with E-state index in [1.54, 1.807) is 29.9 Å². The number of nitrogens with one attached hydrogen (secondary N) is 2. The van der Waals surface area contributed by atoms with Crippen LogP contribution in [0.3, 0.4) is 0 Å². The highest BCUT2D eigenvalue weighted by molar-refractivity contribution is 14.0. The third-order valence-corrected chi connectivity index (χ3v) is 4.23. The second-order valence-electron chi connectivity index (χ2n) is 6.28. The van der Waals surface area contributed by atoms with Crippen molar-refractivity contribution in [3.05, 3.63) is 83.7 Å². The maximum Gasteiger partial charge on any atom is 0.190 e. The van der Waals surface area contributed by atoms with E-state index in [-0.39, 0.29) is 35.6 Å². The SMILES string of the molecule is CN=C(NCCc1cccc(F)c1)NCCc1ccn(-c2ccc(F)cc2)n1.I. The van der Waals surface area contributed by atoms with Crippen LogP contribution in [0, 0.1) is 11.6 Å². The first-order valence-electron chi connectivity index (χ1n) is 9.13. The molecule has 0 amide bonds. The van der Waals surface area contributed by atoms with Gasteiger partial charge in [-0.1, -0.05) is 12.1 Å². The third kappa shape index (κ3) is 7.12. The molecule has 29 heavy (non-hydrogen) atoms. The van der Waals surface area contributed by atoms with Crippen molar-refractivity contribution >= 4 is 29.9 Å². The number of hydrogen-bond donors (Lipinski definition) is 2. The van der Waals surface area contributed by atoms with Crippen molar-refractivity contribution in [2.24, 2.45) is 4.99 Å². The van der Waals surface area contributed by atoms with Gasteiger partial charge in [-0.2, -0.15) is 5.10 Å². The summed E-state index contributed by atoms with van der Waals surface area (Å²) < 4.78 is 27.9. The first kappa shape index (κ1) is 22.8. The number of halogens is 3. The van der Waals surface area contributed by atoms with E-state index in [0.29, 0.717) is 25.5 Å². The van der Waals surface area contributed by atoms with E-state index in [0.717, 1.165) is 23.4 Å². The molecule has 2 aromatic carbocycles. The lowest BCUT2D eigenvalue weighted by Gasteiger charge is -2.11. The first-order chi connectivity index (χ1) is 13.6. The van der Waals surface area contributed by atoms with Gasteiger partial charge in [0.05, 0.1) is 11.4 Å². The van der Waals surface area contributed by atoms with Crippen molar-refractivity contribution in [1.29, 1.82) is 0 Å². The Kier molecular flexibility index (Phi) is 9.04. The summed E-state index contributed by atoms with van der Waals surface area (Å²) in [6, 6.07) is 14.7. The summed E-state index contributed by atoms with van der Waals surface area (Å²) in [6.07, 6.45) is 3.29. The van der Waals surface area contributed by atoms with E-state index in [9.17, 15) is 8.78 Å². The fourth-order valence-electron chi connectivity index (χ4n) is 2.78. The second kappa shape index (κ2) is 11.5. The first-order valence-corrected chi connectivity index (χ1v) is 9.13. The summed E-state index contributed by atoms with van der Waals surface area (Å²) >= 11 is 0. The lowest BCUT2D eigenvalue weighted by molar-refractivity contribution is 0.625. The molecule has 0 fully saturated rings. The zero-order valence-corrected chi connectivity index (χ0v) is 18.4. The van der Waals surface area contributed by atoms with Gasteiger partial charge in [-0.15, -0.1) is 24.0 Å². The Morgan fingerprint density at radius 1 is 0.966 bits per heavy atom. The molecule has 0 unspecified atom stereocenters. The smallest absolute Gasteiger partial charge is 0.190 e. The second-order valence-corrected chi connectivity index (χ2v) is 6.28. The molecule has 0 saturated heterocycles. The van der Waals surface area contributed by atoms with Crippen LogP contribution in [0.1, 0.15) is 11.3 Å². The summed E-state index contributed by atoms with van der Waals surface area (Å²) in [5.74, 6) is 0.200. The Labute approximate surface area is 186 Å². The van der Waals surface area contributed by atoms with Gasteiger partial charge in [0.1, 0.15) is 11.6 Å².